The molecule has 1 aliphatic rings. The summed E-state index contributed by atoms with van der Waals surface area (Å²) in [6, 6.07) is 14.4. The van der Waals surface area contributed by atoms with Crippen LogP contribution in [-0.2, 0) is 0 Å². The van der Waals surface area contributed by atoms with E-state index in [2.05, 4.69) is 24.3 Å². The van der Waals surface area contributed by atoms with Gasteiger partial charge in [-0.3, -0.25) is 4.79 Å². The van der Waals surface area contributed by atoms with Crippen molar-refractivity contribution in [1.82, 2.24) is 4.90 Å². The highest BCUT2D eigenvalue weighted by molar-refractivity contribution is 7.12. The molecule has 1 atom stereocenters. The number of thiophene rings is 1. The normalized spacial score (nSPS) is 19.4. The summed E-state index contributed by atoms with van der Waals surface area (Å²) in [7, 11) is 0. The van der Waals surface area contributed by atoms with Crippen LogP contribution >= 0.6 is 11.3 Å². The summed E-state index contributed by atoms with van der Waals surface area (Å²) < 4.78 is 0. The van der Waals surface area contributed by atoms with Crippen molar-refractivity contribution in [3.8, 4) is 0 Å². The number of carbonyl (C=O) groups excluding carboxylic acids is 1. The highest BCUT2D eigenvalue weighted by Crippen LogP contribution is 2.28. The van der Waals surface area contributed by atoms with E-state index in [1.54, 1.807) is 0 Å². The Bertz CT molecular complexity index is 535. The molecule has 3 heteroatoms. The van der Waals surface area contributed by atoms with Crippen molar-refractivity contribution >= 4 is 17.2 Å². The maximum atomic E-state index is 12.4. The first kappa shape index (κ1) is 12.4. The Morgan fingerprint density at radius 2 is 2.00 bits per heavy atom. The smallest absolute Gasteiger partial charge is 0.263 e. The van der Waals surface area contributed by atoms with E-state index in [1.165, 1.54) is 23.3 Å². The average Bonchev–Trinajstić information content (AvgIpc) is 3.02. The number of likely N-dealkylation sites (tertiary alicyclic amines) is 1. The fraction of sp³-hybridized carbons (Fsp3) is 0.312. The molecule has 1 fully saturated rings. The zero-order valence-corrected chi connectivity index (χ0v) is 11.6. The minimum atomic E-state index is 0.190. The quantitative estimate of drug-likeness (QED) is 0.814. The fourth-order valence-electron chi connectivity index (χ4n) is 2.71. The van der Waals surface area contributed by atoms with E-state index in [1.807, 2.05) is 28.5 Å². The SMILES string of the molecule is O=C(c1cccs1)N1CCC[C@H](c2ccccc2)C1. The van der Waals surface area contributed by atoms with Crippen LogP contribution in [0.4, 0.5) is 0 Å². The van der Waals surface area contributed by atoms with Crippen LogP contribution in [0.1, 0.15) is 34.0 Å². The molecule has 0 N–H and O–H groups in total. The van der Waals surface area contributed by atoms with Gasteiger partial charge in [0.2, 0.25) is 0 Å². The minimum Gasteiger partial charge on any atom is -0.337 e. The fourth-order valence-corrected chi connectivity index (χ4v) is 3.41. The van der Waals surface area contributed by atoms with Crippen LogP contribution in [0.2, 0.25) is 0 Å². The molecule has 1 amide bonds. The molecule has 1 aliphatic heterocycles. The summed E-state index contributed by atoms with van der Waals surface area (Å²) in [4.78, 5) is 15.2. The molecule has 0 radical (unpaired) electrons. The van der Waals surface area contributed by atoms with Crippen molar-refractivity contribution in [1.29, 1.82) is 0 Å². The Morgan fingerprint density at radius 1 is 1.16 bits per heavy atom. The number of hydrogen-bond acceptors (Lipinski definition) is 2. The van der Waals surface area contributed by atoms with E-state index in [-0.39, 0.29) is 5.91 Å². The first-order valence-corrected chi connectivity index (χ1v) is 7.60. The molecule has 1 aromatic carbocycles. The lowest BCUT2D eigenvalue weighted by Gasteiger charge is -2.32. The number of hydrogen-bond donors (Lipinski definition) is 0. The average molecular weight is 271 g/mol. The number of nitrogens with zero attached hydrogens (tertiary/aromatic N) is 1. The molecule has 2 nitrogen and oxygen atoms in total. The number of carbonyl (C=O) groups is 1. The minimum absolute atomic E-state index is 0.190. The lowest BCUT2D eigenvalue weighted by Crippen LogP contribution is -2.38. The largest absolute Gasteiger partial charge is 0.337 e. The third kappa shape index (κ3) is 2.71. The van der Waals surface area contributed by atoms with E-state index in [4.69, 9.17) is 0 Å². The molecule has 0 spiro atoms. The van der Waals surface area contributed by atoms with Gasteiger partial charge in [0, 0.05) is 19.0 Å². The standard InChI is InChI=1S/C16H17NOS/c18-16(15-9-5-11-19-15)17-10-4-8-14(12-17)13-6-2-1-3-7-13/h1-3,5-7,9,11,14H,4,8,10,12H2/t14-/m0/s1. The second-order valence-electron chi connectivity index (χ2n) is 4.98. The molecule has 19 heavy (non-hydrogen) atoms. The maximum absolute atomic E-state index is 12.4. The van der Waals surface area contributed by atoms with Gasteiger partial charge < -0.3 is 4.90 Å². The summed E-state index contributed by atoms with van der Waals surface area (Å²) in [6.45, 7) is 1.74. The molecule has 0 unspecified atom stereocenters. The summed E-state index contributed by atoms with van der Waals surface area (Å²) in [5, 5.41) is 1.96. The van der Waals surface area contributed by atoms with Crippen molar-refractivity contribution in [2.24, 2.45) is 0 Å². The van der Waals surface area contributed by atoms with Crippen molar-refractivity contribution < 1.29 is 4.79 Å². The molecule has 98 valence electrons. The van der Waals surface area contributed by atoms with Gasteiger partial charge >= 0.3 is 0 Å². The predicted octanol–water partition coefficient (Wildman–Crippen LogP) is 3.77. The third-order valence-corrected chi connectivity index (χ3v) is 4.57. The van der Waals surface area contributed by atoms with E-state index in [0.29, 0.717) is 5.92 Å². The van der Waals surface area contributed by atoms with E-state index >= 15 is 0 Å². The zero-order valence-electron chi connectivity index (χ0n) is 10.8. The lowest BCUT2D eigenvalue weighted by molar-refractivity contribution is 0.0712. The van der Waals surface area contributed by atoms with Gasteiger partial charge in [0.25, 0.3) is 5.91 Å². The number of rotatable bonds is 2. The van der Waals surface area contributed by atoms with Gasteiger partial charge in [-0.25, -0.2) is 0 Å². The van der Waals surface area contributed by atoms with Crippen LogP contribution in [0.3, 0.4) is 0 Å². The summed E-state index contributed by atoms with van der Waals surface area (Å²) in [5.41, 5.74) is 1.35. The first-order valence-electron chi connectivity index (χ1n) is 6.72. The summed E-state index contributed by atoms with van der Waals surface area (Å²) >= 11 is 1.53. The Balaban J connectivity index is 1.73. The number of benzene rings is 1. The van der Waals surface area contributed by atoms with Gasteiger partial charge in [-0.15, -0.1) is 11.3 Å². The van der Waals surface area contributed by atoms with Gasteiger partial charge in [-0.2, -0.15) is 0 Å². The Kier molecular flexibility index (Phi) is 3.65. The van der Waals surface area contributed by atoms with E-state index < -0.39 is 0 Å². The molecule has 2 aromatic rings. The van der Waals surface area contributed by atoms with Crippen molar-refractivity contribution in [2.75, 3.05) is 13.1 Å². The highest BCUT2D eigenvalue weighted by Gasteiger charge is 2.25. The highest BCUT2D eigenvalue weighted by atomic mass is 32.1. The molecule has 1 saturated heterocycles. The Labute approximate surface area is 117 Å². The zero-order chi connectivity index (χ0) is 13.1. The lowest BCUT2D eigenvalue weighted by atomic mass is 9.90. The van der Waals surface area contributed by atoms with Crippen LogP contribution in [0.15, 0.2) is 47.8 Å². The predicted molar refractivity (Wildman–Crippen MR) is 78.6 cm³/mol. The van der Waals surface area contributed by atoms with Gasteiger partial charge in [0.15, 0.2) is 0 Å². The molecule has 0 saturated carbocycles. The second-order valence-corrected chi connectivity index (χ2v) is 5.93. The third-order valence-electron chi connectivity index (χ3n) is 3.71. The topological polar surface area (TPSA) is 20.3 Å². The maximum Gasteiger partial charge on any atom is 0.263 e. The first-order chi connectivity index (χ1) is 9.34. The van der Waals surface area contributed by atoms with E-state index in [0.717, 1.165) is 24.4 Å². The second kappa shape index (κ2) is 5.57. The van der Waals surface area contributed by atoms with Crippen molar-refractivity contribution in [2.45, 2.75) is 18.8 Å². The number of piperidine rings is 1. The molecule has 0 bridgehead atoms. The molecule has 2 heterocycles. The van der Waals surface area contributed by atoms with E-state index in [9.17, 15) is 4.79 Å². The Hall–Kier alpha value is -1.61. The van der Waals surface area contributed by atoms with Crippen LogP contribution in [0, 0.1) is 0 Å². The van der Waals surface area contributed by atoms with Crippen molar-refractivity contribution in [3.63, 3.8) is 0 Å². The van der Waals surface area contributed by atoms with Crippen LogP contribution < -0.4 is 0 Å². The Morgan fingerprint density at radius 3 is 2.74 bits per heavy atom. The van der Waals surface area contributed by atoms with Crippen LogP contribution in [0.25, 0.3) is 0 Å². The van der Waals surface area contributed by atoms with Crippen LogP contribution in [-0.4, -0.2) is 23.9 Å². The van der Waals surface area contributed by atoms with Gasteiger partial charge in [-0.1, -0.05) is 36.4 Å². The van der Waals surface area contributed by atoms with Crippen LogP contribution in [0.5, 0.6) is 0 Å². The van der Waals surface area contributed by atoms with Crippen molar-refractivity contribution in [3.05, 3.63) is 58.3 Å². The molecule has 3 rings (SSSR count). The molecule has 1 aromatic heterocycles. The molecular formula is C16H17NOS. The number of amides is 1. The molecule has 0 aliphatic carbocycles. The summed E-state index contributed by atoms with van der Waals surface area (Å²) in [5.74, 6) is 0.675. The van der Waals surface area contributed by atoms with Gasteiger partial charge in [0.05, 0.1) is 4.88 Å². The van der Waals surface area contributed by atoms with Gasteiger partial charge in [0.1, 0.15) is 0 Å². The monoisotopic (exact) mass is 271 g/mol. The molecular weight excluding hydrogens is 254 g/mol. The van der Waals surface area contributed by atoms with Gasteiger partial charge in [-0.05, 0) is 29.9 Å². The summed E-state index contributed by atoms with van der Waals surface area (Å²) in [6.07, 6.45) is 2.27.